The van der Waals surface area contributed by atoms with Crippen molar-refractivity contribution in [2.75, 3.05) is 5.32 Å². The van der Waals surface area contributed by atoms with Crippen molar-refractivity contribution in [3.63, 3.8) is 0 Å². The average Bonchev–Trinajstić information content (AvgIpc) is 2.81. The molecule has 0 spiro atoms. The Kier molecular flexibility index (Phi) is 4.39. The maximum Gasteiger partial charge on any atom is 0.287 e. The van der Waals surface area contributed by atoms with Gasteiger partial charge in [-0.05, 0) is 18.5 Å². The minimum atomic E-state index is -0.568. The molecular formula is C11H9Cl2N5O3. The van der Waals surface area contributed by atoms with Crippen LogP contribution in [-0.4, -0.2) is 25.4 Å². The van der Waals surface area contributed by atoms with E-state index in [9.17, 15) is 14.9 Å². The second-order valence-corrected chi connectivity index (χ2v) is 4.65. The quantitative estimate of drug-likeness (QED) is 0.402. The molecule has 2 rings (SSSR count). The number of carbonyl (C=O) groups excluding carboxylic acids is 1. The molecule has 0 bridgehead atoms. The molecule has 0 atom stereocenters. The molecule has 2 aromatic rings. The van der Waals surface area contributed by atoms with Crippen LogP contribution in [0.4, 0.5) is 11.5 Å². The van der Waals surface area contributed by atoms with Crippen molar-refractivity contribution in [1.29, 1.82) is 0 Å². The predicted molar refractivity (Wildman–Crippen MR) is 76.8 cm³/mol. The van der Waals surface area contributed by atoms with E-state index in [-0.39, 0.29) is 27.6 Å². The lowest BCUT2D eigenvalue weighted by atomic mass is 10.3. The summed E-state index contributed by atoms with van der Waals surface area (Å²) >= 11 is 11.3. The van der Waals surface area contributed by atoms with Crippen LogP contribution in [0.25, 0.3) is 0 Å². The lowest BCUT2D eigenvalue weighted by Crippen LogP contribution is -2.17. The van der Waals surface area contributed by atoms with Gasteiger partial charge >= 0.3 is 0 Å². The molecule has 0 saturated carbocycles. The highest BCUT2D eigenvalue weighted by molar-refractivity contribution is 6.32. The lowest BCUT2D eigenvalue weighted by molar-refractivity contribution is -0.384. The number of nitro groups is 1. The molecule has 2 heterocycles. The maximum atomic E-state index is 12.2. The topological polar surface area (TPSA) is 103 Å². The van der Waals surface area contributed by atoms with Gasteiger partial charge in [0.1, 0.15) is 16.7 Å². The maximum absolute atomic E-state index is 12.2. The number of aromatic nitrogens is 3. The summed E-state index contributed by atoms with van der Waals surface area (Å²) in [6.45, 7) is 2.17. The van der Waals surface area contributed by atoms with Gasteiger partial charge in [-0.15, -0.1) is 0 Å². The summed E-state index contributed by atoms with van der Waals surface area (Å²) in [6.07, 6.45) is 1.29. The second kappa shape index (κ2) is 6.06. The summed E-state index contributed by atoms with van der Waals surface area (Å²) in [6, 6.07) is 2.50. The first-order valence-corrected chi connectivity index (χ1v) is 6.52. The Hall–Kier alpha value is -2.19. The van der Waals surface area contributed by atoms with E-state index in [1.165, 1.54) is 22.9 Å². The largest absolute Gasteiger partial charge is 0.337 e. The van der Waals surface area contributed by atoms with Gasteiger partial charge in [0.2, 0.25) is 5.28 Å². The molecule has 10 heteroatoms. The van der Waals surface area contributed by atoms with E-state index in [1.54, 1.807) is 6.92 Å². The fourth-order valence-electron chi connectivity index (χ4n) is 1.68. The van der Waals surface area contributed by atoms with Crippen LogP contribution in [-0.2, 0) is 6.54 Å². The SMILES string of the molecule is CCn1cc([N+](=O)[O-])cc1C(=O)Nc1cc(Cl)nc(Cl)n1. The van der Waals surface area contributed by atoms with Crippen LogP contribution in [0, 0.1) is 10.1 Å². The van der Waals surface area contributed by atoms with Crippen LogP contribution in [0.15, 0.2) is 18.3 Å². The van der Waals surface area contributed by atoms with Crippen LogP contribution in [0.5, 0.6) is 0 Å². The molecule has 0 aromatic carbocycles. The predicted octanol–water partition coefficient (Wildman–Crippen LogP) is 2.77. The van der Waals surface area contributed by atoms with Crippen LogP contribution in [0.3, 0.4) is 0 Å². The van der Waals surface area contributed by atoms with Gasteiger partial charge in [-0.25, -0.2) is 9.97 Å². The van der Waals surface area contributed by atoms with Crippen molar-refractivity contribution in [2.45, 2.75) is 13.5 Å². The Labute approximate surface area is 128 Å². The van der Waals surface area contributed by atoms with Crippen LogP contribution in [0.1, 0.15) is 17.4 Å². The summed E-state index contributed by atoms with van der Waals surface area (Å²) in [5, 5.41) is 13.2. The number of aryl methyl sites for hydroxylation is 1. The summed E-state index contributed by atoms with van der Waals surface area (Å²) < 4.78 is 1.46. The molecule has 8 nitrogen and oxygen atoms in total. The van der Waals surface area contributed by atoms with E-state index in [1.807, 2.05) is 0 Å². The van der Waals surface area contributed by atoms with E-state index in [0.717, 1.165) is 0 Å². The Morgan fingerprint density at radius 2 is 2.14 bits per heavy atom. The van der Waals surface area contributed by atoms with Crippen molar-refractivity contribution in [3.05, 3.63) is 44.6 Å². The smallest absolute Gasteiger partial charge is 0.287 e. The molecule has 0 aliphatic heterocycles. The van der Waals surface area contributed by atoms with E-state index < -0.39 is 10.8 Å². The van der Waals surface area contributed by atoms with E-state index in [0.29, 0.717) is 6.54 Å². The highest BCUT2D eigenvalue weighted by atomic mass is 35.5. The molecule has 0 fully saturated rings. The van der Waals surface area contributed by atoms with E-state index >= 15 is 0 Å². The molecule has 0 saturated heterocycles. The Bertz CT molecular complexity index is 696. The van der Waals surface area contributed by atoms with Crippen molar-refractivity contribution < 1.29 is 9.72 Å². The molecule has 0 aliphatic carbocycles. The van der Waals surface area contributed by atoms with Crippen LogP contribution >= 0.6 is 23.2 Å². The fraction of sp³-hybridized carbons (Fsp3) is 0.182. The first-order chi connectivity index (χ1) is 9.90. The number of hydrogen-bond acceptors (Lipinski definition) is 5. The van der Waals surface area contributed by atoms with E-state index in [4.69, 9.17) is 23.2 Å². The average molecular weight is 330 g/mol. The summed E-state index contributed by atoms with van der Waals surface area (Å²) in [5.41, 5.74) is -0.0317. The molecule has 1 amide bonds. The highest BCUT2D eigenvalue weighted by Crippen LogP contribution is 2.19. The summed E-state index contributed by atoms with van der Waals surface area (Å²) in [7, 11) is 0. The van der Waals surface area contributed by atoms with Crippen molar-refractivity contribution in [2.24, 2.45) is 0 Å². The second-order valence-electron chi connectivity index (χ2n) is 3.93. The van der Waals surface area contributed by atoms with Crippen molar-refractivity contribution in [1.82, 2.24) is 14.5 Å². The Morgan fingerprint density at radius 3 is 2.71 bits per heavy atom. The third kappa shape index (κ3) is 3.47. The van der Waals surface area contributed by atoms with Gasteiger partial charge in [-0.2, -0.15) is 0 Å². The normalized spacial score (nSPS) is 10.4. The van der Waals surface area contributed by atoms with Crippen molar-refractivity contribution >= 4 is 40.6 Å². The zero-order valence-corrected chi connectivity index (χ0v) is 12.2. The van der Waals surface area contributed by atoms with Crippen molar-refractivity contribution in [3.8, 4) is 0 Å². The Balaban J connectivity index is 2.29. The van der Waals surface area contributed by atoms with Crippen LogP contribution in [0.2, 0.25) is 10.4 Å². The van der Waals surface area contributed by atoms with Crippen LogP contribution < -0.4 is 5.32 Å². The number of nitrogens with one attached hydrogen (secondary N) is 1. The van der Waals surface area contributed by atoms with Gasteiger partial charge in [0.15, 0.2) is 0 Å². The van der Waals surface area contributed by atoms with Gasteiger partial charge in [0, 0.05) is 18.7 Å². The number of rotatable bonds is 4. The lowest BCUT2D eigenvalue weighted by Gasteiger charge is -2.06. The number of anilines is 1. The van der Waals surface area contributed by atoms with E-state index in [2.05, 4.69) is 15.3 Å². The fourth-order valence-corrected chi connectivity index (χ4v) is 2.09. The third-order valence-corrected chi connectivity index (χ3v) is 2.94. The minimum Gasteiger partial charge on any atom is -0.337 e. The monoisotopic (exact) mass is 329 g/mol. The molecule has 0 unspecified atom stereocenters. The molecular weight excluding hydrogens is 321 g/mol. The number of halogens is 2. The summed E-state index contributed by atoms with van der Waals surface area (Å²) in [4.78, 5) is 29.8. The van der Waals surface area contributed by atoms with Gasteiger partial charge in [-0.3, -0.25) is 14.9 Å². The zero-order chi connectivity index (χ0) is 15.6. The number of nitrogens with zero attached hydrogens (tertiary/aromatic N) is 4. The molecule has 0 radical (unpaired) electrons. The highest BCUT2D eigenvalue weighted by Gasteiger charge is 2.19. The first kappa shape index (κ1) is 15.2. The van der Waals surface area contributed by atoms with Gasteiger partial charge in [0.25, 0.3) is 11.6 Å². The van der Waals surface area contributed by atoms with Gasteiger partial charge in [-0.1, -0.05) is 11.6 Å². The minimum absolute atomic E-state index is 0.0714. The molecule has 110 valence electrons. The molecule has 0 aliphatic rings. The molecule has 2 aromatic heterocycles. The number of amides is 1. The third-order valence-electron chi connectivity index (χ3n) is 2.58. The standard InChI is InChI=1S/C11H9Cl2N5O3/c1-2-17-5-6(18(20)21)3-7(17)10(19)15-9-4-8(12)14-11(13)16-9/h3-5H,2H2,1H3,(H,14,15,16,19). The van der Waals surface area contributed by atoms with Gasteiger partial charge < -0.3 is 9.88 Å². The Morgan fingerprint density at radius 1 is 1.43 bits per heavy atom. The number of hydrogen-bond donors (Lipinski definition) is 1. The first-order valence-electron chi connectivity index (χ1n) is 5.76. The zero-order valence-electron chi connectivity index (χ0n) is 10.7. The van der Waals surface area contributed by atoms with Gasteiger partial charge in [0.05, 0.1) is 11.1 Å². The number of carbonyl (C=O) groups is 1. The molecule has 1 N–H and O–H groups in total. The summed E-state index contributed by atoms with van der Waals surface area (Å²) in [5.74, 6) is -0.452. The molecule has 21 heavy (non-hydrogen) atoms.